The molecule has 5 heteroatoms. The number of oxime groups is 1. The molecule has 0 N–H and O–H groups in total. The number of pyridine rings is 1. The minimum Gasteiger partial charge on any atom is -0.497 e. The smallest absolute Gasteiger partial charge is 0.130 e. The van der Waals surface area contributed by atoms with Crippen molar-refractivity contribution in [3.05, 3.63) is 53.7 Å². The van der Waals surface area contributed by atoms with Crippen LogP contribution in [0.1, 0.15) is 24.6 Å². The molecule has 0 aliphatic heterocycles. The number of para-hydroxylation sites is 1. The number of aromatic nitrogens is 1. The van der Waals surface area contributed by atoms with Crippen molar-refractivity contribution in [2.45, 2.75) is 20.3 Å². The molecular formula is C22H24N2O3. The third-order valence-electron chi connectivity index (χ3n) is 4.51. The minimum absolute atomic E-state index is 0.743. The summed E-state index contributed by atoms with van der Waals surface area (Å²) in [4.78, 5) is 9.87. The lowest BCUT2D eigenvalue weighted by molar-refractivity contribution is 0.213. The number of aryl methyl sites for hydroxylation is 1. The zero-order valence-electron chi connectivity index (χ0n) is 16.4. The Bertz CT molecular complexity index is 996. The molecule has 0 spiro atoms. The van der Waals surface area contributed by atoms with Gasteiger partial charge in [-0.05, 0) is 31.5 Å². The molecule has 0 fully saturated rings. The molecule has 0 unspecified atom stereocenters. The first-order valence-electron chi connectivity index (χ1n) is 8.86. The van der Waals surface area contributed by atoms with Crippen LogP contribution in [0.5, 0.6) is 11.5 Å². The van der Waals surface area contributed by atoms with Crippen molar-refractivity contribution < 1.29 is 14.3 Å². The molecule has 0 amide bonds. The normalized spacial score (nSPS) is 11.5. The maximum atomic E-state index is 5.61. The van der Waals surface area contributed by atoms with Gasteiger partial charge in [-0.1, -0.05) is 30.3 Å². The zero-order chi connectivity index (χ0) is 19.4. The molecule has 0 aliphatic carbocycles. The highest BCUT2D eigenvalue weighted by molar-refractivity contribution is 6.12. The van der Waals surface area contributed by atoms with Gasteiger partial charge in [0.15, 0.2) is 0 Å². The van der Waals surface area contributed by atoms with Crippen LogP contribution in [0.3, 0.4) is 0 Å². The summed E-state index contributed by atoms with van der Waals surface area (Å²) in [5.41, 5.74) is 5.74. The molecule has 2 aromatic carbocycles. The number of hydrogen-bond acceptors (Lipinski definition) is 5. The summed E-state index contributed by atoms with van der Waals surface area (Å²) < 4.78 is 10.9. The van der Waals surface area contributed by atoms with E-state index in [1.807, 2.05) is 31.2 Å². The SMILES string of the molecule is CCC(=NOC)c1cc(C)nc2c(-c3ccc(OC)cc3OC)cccc12. The summed E-state index contributed by atoms with van der Waals surface area (Å²) in [6.07, 6.45) is 0.766. The average molecular weight is 364 g/mol. The Morgan fingerprint density at radius 3 is 2.48 bits per heavy atom. The van der Waals surface area contributed by atoms with Gasteiger partial charge >= 0.3 is 0 Å². The summed E-state index contributed by atoms with van der Waals surface area (Å²) in [5, 5.41) is 5.25. The number of benzene rings is 2. The van der Waals surface area contributed by atoms with E-state index < -0.39 is 0 Å². The van der Waals surface area contributed by atoms with Crippen molar-refractivity contribution in [1.82, 2.24) is 4.98 Å². The predicted molar refractivity (Wildman–Crippen MR) is 109 cm³/mol. The highest BCUT2D eigenvalue weighted by Gasteiger charge is 2.16. The van der Waals surface area contributed by atoms with Gasteiger partial charge in [0.1, 0.15) is 18.6 Å². The lowest BCUT2D eigenvalue weighted by atomic mass is 9.96. The van der Waals surface area contributed by atoms with Crippen LogP contribution in [0.2, 0.25) is 0 Å². The lowest BCUT2D eigenvalue weighted by Gasteiger charge is -2.15. The second-order valence-corrected chi connectivity index (χ2v) is 6.15. The van der Waals surface area contributed by atoms with Crippen LogP contribution in [-0.4, -0.2) is 32.0 Å². The molecule has 1 heterocycles. The highest BCUT2D eigenvalue weighted by Crippen LogP contribution is 2.37. The first-order chi connectivity index (χ1) is 13.1. The molecule has 3 aromatic rings. The van der Waals surface area contributed by atoms with Crippen molar-refractivity contribution in [3.63, 3.8) is 0 Å². The van der Waals surface area contributed by atoms with Crippen LogP contribution in [0.25, 0.3) is 22.0 Å². The fourth-order valence-electron chi connectivity index (χ4n) is 3.27. The van der Waals surface area contributed by atoms with Gasteiger partial charge in [-0.3, -0.25) is 4.98 Å². The van der Waals surface area contributed by atoms with Gasteiger partial charge in [-0.25, -0.2) is 0 Å². The molecule has 3 rings (SSSR count). The van der Waals surface area contributed by atoms with Crippen LogP contribution in [0.15, 0.2) is 47.6 Å². The molecule has 0 saturated carbocycles. The molecule has 140 valence electrons. The number of ether oxygens (including phenoxy) is 2. The monoisotopic (exact) mass is 364 g/mol. The van der Waals surface area contributed by atoms with E-state index in [0.29, 0.717) is 0 Å². The maximum absolute atomic E-state index is 5.61. The van der Waals surface area contributed by atoms with Gasteiger partial charge in [-0.15, -0.1) is 0 Å². The summed E-state index contributed by atoms with van der Waals surface area (Å²) in [5.74, 6) is 1.49. The van der Waals surface area contributed by atoms with E-state index in [1.165, 1.54) is 0 Å². The largest absolute Gasteiger partial charge is 0.497 e. The van der Waals surface area contributed by atoms with E-state index >= 15 is 0 Å². The van der Waals surface area contributed by atoms with Gasteiger partial charge < -0.3 is 14.3 Å². The summed E-state index contributed by atoms with van der Waals surface area (Å²) in [6, 6.07) is 14.0. The minimum atomic E-state index is 0.743. The average Bonchev–Trinajstić information content (AvgIpc) is 2.70. The molecule has 5 nitrogen and oxygen atoms in total. The molecule has 1 aromatic heterocycles. The predicted octanol–water partition coefficient (Wildman–Crippen LogP) is 4.99. The molecule has 0 bridgehead atoms. The number of hydrogen-bond donors (Lipinski definition) is 0. The van der Waals surface area contributed by atoms with E-state index in [2.05, 4.69) is 30.3 Å². The fourth-order valence-corrected chi connectivity index (χ4v) is 3.27. The molecule has 0 atom stereocenters. The zero-order valence-corrected chi connectivity index (χ0v) is 16.4. The van der Waals surface area contributed by atoms with Crippen LogP contribution in [0.4, 0.5) is 0 Å². The second-order valence-electron chi connectivity index (χ2n) is 6.15. The Hall–Kier alpha value is -3.08. The summed E-state index contributed by atoms with van der Waals surface area (Å²) in [6.45, 7) is 4.06. The van der Waals surface area contributed by atoms with Gasteiger partial charge in [0.25, 0.3) is 0 Å². The van der Waals surface area contributed by atoms with E-state index in [1.54, 1.807) is 21.3 Å². The van der Waals surface area contributed by atoms with Crippen molar-refractivity contribution >= 4 is 16.6 Å². The van der Waals surface area contributed by atoms with Crippen molar-refractivity contribution in [3.8, 4) is 22.6 Å². The number of methoxy groups -OCH3 is 2. The van der Waals surface area contributed by atoms with Gasteiger partial charge in [0.2, 0.25) is 0 Å². The third kappa shape index (κ3) is 3.58. The van der Waals surface area contributed by atoms with E-state index in [-0.39, 0.29) is 0 Å². The van der Waals surface area contributed by atoms with Gasteiger partial charge in [-0.2, -0.15) is 0 Å². The van der Waals surface area contributed by atoms with Crippen LogP contribution < -0.4 is 9.47 Å². The fraction of sp³-hybridized carbons (Fsp3) is 0.273. The molecular weight excluding hydrogens is 340 g/mol. The number of rotatable bonds is 6. The van der Waals surface area contributed by atoms with E-state index in [9.17, 15) is 0 Å². The Morgan fingerprint density at radius 1 is 1.00 bits per heavy atom. The third-order valence-corrected chi connectivity index (χ3v) is 4.51. The van der Waals surface area contributed by atoms with Crippen LogP contribution in [-0.2, 0) is 4.84 Å². The standard InChI is InChI=1S/C22H24N2O3/c1-6-20(24-27-5)19-12-14(2)23-22-17(8-7-9-18(19)22)16-11-10-15(25-3)13-21(16)26-4/h7-13H,6H2,1-5H3. The van der Waals surface area contributed by atoms with Crippen LogP contribution in [0, 0.1) is 6.92 Å². The lowest BCUT2D eigenvalue weighted by Crippen LogP contribution is -2.03. The van der Waals surface area contributed by atoms with Gasteiger partial charge in [0.05, 0.1) is 25.4 Å². The number of fused-ring (bicyclic) bond motifs is 1. The van der Waals surface area contributed by atoms with E-state index in [4.69, 9.17) is 19.3 Å². The first-order valence-corrected chi connectivity index (χ1v) is 8.86. The highest BCUT2D eigenvalue weighted by atomic mass is 16.6. The molecule has 0 radical (unpaired) electrons. The quantitative estimate of drug-likeness (QED) is 0.457. The van der Waals surface area contributed by atoms with Crippen molar-refractivity contribution in [2.24, 2.45) is 5.16 Å². The Labute approximate surface area is 159 Å². The summed E-state index contributed by atoms with van der Waals surface area (Å²) in [7, 11) is 4.87. The van der Waals surface area contributed by atoms with E-state index in [0.717, 1.165) is 56.9 Å². The van der Waals surface area contributed by atoms with Crippen molar-refractivity contribution in [1.29, 1.82) is 0 Å². The number of nitrogens with zero attached hydrogens (tertiary/aromatic N) is 2. The second kappa shape index (κ2) is 8.08. The first kappa shape index (κ1) is 18.7. The Morgan fingerprint density at radius 2 is 1.81 bits per heavy atom. The van der Waals surface area contributed by atoms with Crippen molar-refractivity contribution in [2.75, 3.05) is 21.3 Å². The Balaban J connectivity index is 2.31. The van der Waals surface area contributed by atoms with Gasteiger partial charge in [0, 0.05) is 33.8 Å². The maximum Gasteiger partial charge on any atom is 0.130 e. The molecule has 27 heavy (non-hydrogen) atoms. The summed E-state index contributed by atoms with van der Waals surface area (Å²) >= 11 is 0. The molecule has 0 saturated heterocycles. The topological polar surface area (TPSA) is 52.9 Å². The molecule has 0 aliphatic rings. The van der Waals surface area contributed by atoms with Crippen LogP contribution >= 0.6 is 0 Å². The Kier molecular flexibility index (Phi) is 5.60.